The van der Waals surface area contributed by atoms with Gasteiger partial charge in [0.25, 0.3) is 5.91 Å². The normalized spacial score (nSPS) is 17.0. The average Bonchev–Trinajstić information content (AvgIpc) is 3.05. The van der Waals surface area contributed by atoms with E-state index in [1.165, 1.54) is 5.56 Å². The lowest BCUT2D eigenvalue weighted by Crippen LogP contribution is -2.42. The van der Waals surface area contributed by atoms with Gasteiger partial charge in [-0.15, -0.1) is 0 Å². The number of nitrogens with zero attached hydrogens (tertiary/aromatic N) is 3. The second kappa shape index (κ2) is 15.1. The minimum absolute atomic E-state index is 0.0287. The van der Waals surface area contributed by atoms with E-state index in [2.05, 4.69) is 27.2 Å². The molecular weight excluding hydrogens is 540 g/mol. The van der Waals surface area contributed by atoms with Crippen LogP contribution in [0.4, 0.5) is 10.5 Å². The molecular formula is C35H44N4O4. The molecule has 0 aromatic heterocycles. The summed E-state index contributed by atoms with van der Waals surface area (Å²) in [6.07, 6.45) is 3.07. The Balaban J connectivity index is 1.01. The van der Waals surface area contributed by atoms with Crippen molar-refractivity contribution < 1.29 is 19.4 Å². The molecule has 5 rings (SSSR count). The Morgan fingerprint density at radius 1 is 0.860 bits per heavy atom. The summed E-state index contributed by atoms with van der Waals surface area (Å²) in [5.41, 5.74) is 4.65. The third kappa shape index (κ3) is 8.66. The number of carbonyl (C=O) groups excluding carboxylic acids is 2. The van der Waals surface area contributed by atoms with E-state index >= 15 is 0 Å². The van der Waals surface area contributed by atoms with E-state index in [9.17, 15) is 14.7 Å². The lowest BCUT2D eigenvalue weighted by molar-refractivity contribution is 0.0540. The number of ether oxygens (including phenoxy) is 1. The van der Waals surface area contributed by atoms with Crippen molar-refractivity contribution in [3.8, 4) is 11.1 Å². The number of benzene rings is 3. The van der Waals surface area contributed by atoms with Gasteiger partial charge in [0, 0.05) is 57.5 Å². The van der Waals surface area contributed by atoms with E-state index in [4.69, 9.17) is 4.74 Å². The Hall–Kier alpha value is -3.72. The topological polar surface area (TPSA) is 85.4 Å². The van der Waals surface area contributed by atoms with Crippen LogP contribution in [0.2, 0.25) is 0 Å². The van der Waals surface area contributed by atoms with Gasteiger partial charge in [-0.3, -0.25) is 15.0 Å². The number of hydrogen-bond donors (Lipinski definition) is 2. The van der Waals surface area contributed by atoms with Gasteiger partial charge in [-0.2, -0.15) is 0 Å². The van der Waals surface area contributed by atoms with Crippen molar-refractivity contribution >= 4 is 17.7 Å². The number of para-hydroxylation sites is 1. The van der Waals surface area contributed by atoms with Crippen molar-refractivity contribution in [1.82, 2.24) is 14.7 Å². The van der Waals surface area contributed by atoms with Crippen LogP contribution in [-0.2, 0) is 11.3 Å². The number of piperidine rings is 2. The fourth-order valence-electron chi connectivity index (χ4n) is 5.95. The minimum Gasteiger partial charge on any atom is -0.446 e. The van der Waals surface area contributed by atoms with Crippen molar-refractivity contribution in [3.05, 3.63) is 90.0 Å². The van der Waals surface area contributed by atoms with Gasteiger partial charge in [0.2, 0.25) is 0 Å². The molecule has 228 valence electrons. The molecule has 2 amide bonds. The number of aliphatic hydroxyl groups excluding tert-OH is 1. The number of amides is 2. The van der Waals surface area contributed by atoms with Crippen LogP contribution in [0.15, 0.2) is 78.9 Å². The second-order valence-corrected chi connectivity index (χ2v) is 11.8. The van der Waals surface area contributed by atoms with E-state index in [-0.39, 0.29) is 18.6 Å². The van der Waals surface area contributed by atoms with Crippen LogP contribution in [0, 0.1) is 5.92 Å². The van der Waals surface area contributed by atoms with Crippen molar-refractivity contribution in [3.63, 3.8) is 0 Å². The molecule has 2 aliphatic rings. The van der Waals surface area contributed by atoms with Gasteiger partial charge < -0.3 is 19.6 Å². The molecule has 0 bridgehead atoms. The monoisotopic (exact) mass is 584 g/mol. The summed E-state index contributed by atoms with van der Waals surface area (Å²) in [5, 5.41) is 12.3. The number of rotatable bonds is 10. The van der Waals surface area contributed by atoms with E-state index in [1.54, 1.807) is 4.90 Å². The molecule has 0 spiro atoms. The Bertz CT molecular complexity index is 1320. The minimum atomic E-state index is -0.426. The zero-order valence-electron chi connectivity index (χ0n) is 25.2. The van der Waals surface area contributed by atoms with Crippen LogP contribution in [0.1, 0.15) is 41.6 Å². The highest BCUT2D eigenvalue weighted by Crippen LogP contribution is 2.28. The SMILES string of the molecule is CN(CCN1CCC(OC(=O)Nc2ccccc2-c2ccccc2)CC1)C(=O)c1ccc(CN2CCC(CO)CC2)cc1. The number of anilines is 1. The van der Waals surface area contributed by atoms with E-state index in [0.717, 1.165) is 81.8 Å². The first-order valence-electron chi connectivity index (χ1n) is 15.5. The molecule has 8 nitrogen and oxygen atoms in total. The molecule has 0 saturated carbocycles. The Morgan fingerprint density at radius 2 is 1.51 bits per heavy atom. The summed E-state index contributed by atoms with van der Waals surface area (Å²) in [6, 6.07) is 25.7. The molecule has 2 saturated heterocycles. The van der Waals surface area contributed by atoms with Gasteiger partial charge in [-0.25, -0.2) is 4.79 Å². The summed E-state index contributed by atoms with van der Waals surface area (Å²) in [7, 11) is 1.86. The molecule has 8 heteroatoms. The highest BCUT2D eigenvalue weighted by molar-refractivity contribution is 5.94. The maximum Gasteiger partial charge on any atom is 0.411 e. The van der Waals surface area contributed by atoms with Gasteiger partial charge in [0.1, 0.15) is 6.10 Å². The molecule has 2 N–H and O–H groups in total. The quantitative estimate of drug-likeness (QED) is 0.335. The van der Waals surface area contributed by atoms with E-state index < -0.39 is 6.09 Å². The summed E-state index contributed by atoms with van der Waals surface area (Å²) in [6.45, 7) is 6.26. The highest BCUT2D eigenvalue weighted by atomic mass is 16.6. The lowest BCUT2D eigenvalue weighted by atomic mass is 9.97. The number of likely N-dealkylation sites (N-methyl/N-ethyl adjacent to an activating group) is 1. The maximum atomic E-state index is 13.0. The van der Waals surface area contributed by atoms with Gasteiger partial charge >= 0.3 is 6.09 Å². The van der Waals surface area contributed by atoms with Gasteiger partial charge in [-0.05, 0) is 74.0 Å². The molecule has 3 aromatic carbocycles. The molecule has 0 atom stereocenters. The van der Waals surface area contributed by atoms with Crippen LogP contribution >= 0.6 is 0 Å². The third-order valence-electron chi connectivity index (χ3n) is 8.73. The first-order valence-corrected chi connectivity index (χ1v) is 15.5. The molecule has 3 aromatic rings. The molecule has 43 heavy (non-hydrogen) atoms. The van der Waals surface area contributed by atoms with Crippen molar-refractivity contribution in [1.29, 1.82) is 0 Å². The number of nitrogens with one attached hydrogen (secondary N) is 1. The third-order valence-corrected chi connectivity index (χ3v) is 8.73. The number of carbonyl (C=O) groups is 2. The zero-order chi connectivity index (χ0) is 30.0. The summed E-state index contributed by atoms with van der Waals surface area (Å²) in [4.78, 5) is 32.3. The second-order valence-electron chi connectivity index (χ2n) is 11.8. The van der Waals surface area contributed by atoms with Gasteiger partial charge in [-0.1, -0.05) is 60.7 Å². The van der Waals surface area contributed by atoms with Gasteiger partial charge in [0.15, 0.2) is 0 Å². The summed E-state index contributed by atoms with van der Waals surface area (Å²) >= 11 is 0. The van der Waals surface area contributed by atoms with Crippen LogP contribution in [0.5, 0.6) is 0 Å². The average molecular weight is 585 g/mol. The fraction of sp³-hybridized carbons (Fsp3) is 0.429. The predicted molar refractivity (Wildman–Crippen MR) is 170 cm³/mol. The van der Waals surface area contributed by atoms with Crippen LogP contribution < -0.4 is 5.32 Å². The lowest BCUT2D eigenvalue weighted by Gasteiger charge is -2.32. The molecule has 2 aliphatic heterocycles. The molecule has 0 radical (unpaired) electrons. The molecule has 2 heterocycles. The van der Waals surface area contributed by atoms with Crippen molar-refractivity contribution in [2.75, 3.05) is 58.2 Å². The fourth-order valence-corrected chi connectivity index (χ4v) is 5.95. The van der Waals surface area contributed by atoms with Gasteiger partial charge in [0.05, 0.1) is 5.69 Å². The molecule has 2 fully saturated rings. The molecule has 0 unspecified atom stereocenters. The first kappa shape index (κ1) is 30.7. The molecule has 0 aliphatic carbocycles. The highest BCUT2D eigenvalue weighted by Gasteiger charge is 2.24. The van der Waals surface area contributed by atoms with Crippen LogP contribution in [-0.4, -0.2) is 90.8 Å². The number of hydrogen-bond acceptors (Lipinski definition) is 6. The summed E-state index contributed by atoms with van der Waals surface area (Å²) < 4.78 is 5.77. The number of aliphatic hydroxyl groups is 1. The first-order chi connectivity index (χ1) is 21.0. The Morgan fingerprint density at radius 3 is 2.21 bits per heavy atom. The van der Waals surface area contributed by atoms with E-state index in [0.29, 0.717) is 18.0 Å². The van der Waals surface area contributed by atoms with Crippen LogP contribution in [0.3, 0.4) is 0 Å². The Kier molecular flexibility index (Phi) is 10.8. The standard InChI is InChI=1S/C35H44N4O4/c1-37(34(41)30-13-11-27(12-14-30)25-39-19-15-28(26-40)16-20-39)23-24-38-21-17-31(18-22-38)43-35(42)36-33-10-6-5-9-32(33)29-7-3-2-4-8-29/h2-14,28,31,40H,15-26H2,1H3,(H,36,42). The van der Waals surface area contributed by atoms with Crippen molar-refractivity contribution in [2.24, 2.45) is 5.92 Å². The van der Waals surface area contributed by atoms with Crippen molar-refractivity contribution in [2.45, 2.75) is 38.3 Å². The number of likely N-dealkylation sites (tertiary alicyclic amines) is 2. The Labute approximate surface area is 255 Å². The maximum absolute atomic E-state index is 13.0. The smallest absolute Gasteiger partial charge is 0.411 e. The predicted octanol–water partition coefficient (Wildman–Crippen LogP) is 5.34. The largest absolute Gasteiger partial charge is 0.446 e. The van der Waals surface area contributed by atoms with Crippen LogP contribution in [0.25, 0.3) is 11.1 Å². The zero-order valence-corrected chi connectivity index (χ0v) is 25.2. The summed E-state index contributed by atoms with van der Waals surface area (Å²) in [5.74, 6) is 0.466. The van der Waals surface area contributed by atoms with E-state index in [1.807, 2.05) is 73.8 Å².